The minimum atomic E-state index is -0.727. The van der Waals surface area contributed by atoms with Crippen molar-refractivity contribution >= 4 is 40.4 Å². The number of hydrogen-bond acceptors (Lipinski definition) is 6. The number of methoxy groups -OCH3 is 1. The van der Waals surface area contributed by atoms with Gasteiger partial charge in [-0.15, -0.1) is 0 Å². The Morgan fingerprint density at radius 3 is 2.68 bits per heavy atom. The van der Waals surface area contributed by atoms with E-state index in [1.54, 1.807) is 4.90 Å². The third-order valence-corrected chi connectivity index (χ3v) is 6.77. The molecule has 1 N–H and O–H groups in total. The van der Waals surface area contributed by atoms with Crippen LogP contribution in [0.1, 0.15) is 39.2 Å². The van der Waals surface area contributed by atoms with Crippen LogP contribution in [-0.2, 0) is 36.9 Å². The highest BCUT2D eigenvalue weighted by molar-refractivity contribution is 6.35. The number of hydrogen-bond donors (Lipinski definition) is 1. The van der Waals surface area contributed by atoms with Crippen molar-refractivity contribution in [3.63, 3.8) is 0 Å². The lowest BCUT2D eigenvalue weighted by Gasteiger charge is -2.36. The van der Waals surface area contributed by atoms with E-state index in [1.165, 1.54) is 7.11 Å². The first kappa shape index (κ1) is 28.2. The lowest BCUT2D eigenvalue weighted by Crippen LogP contribution is -2.53. The second-order valence-corrected chi connectivity index (χ2v) is 11.2. The van der Waals surface area contributed by atoms with Crippen LogP contribution in [0.5, 0.6) is 0 Å². The van der Waals surface area contributed by atoms with Gasteiger partial charge in [-0.05, 0) is 45.2 Å². The predicted octanol–water partition coefficient (Wildman–Crippen LogP) is 3.18. The number of benzene rings is 1. The maximum Gasteiger partial charge on any atom is 0.410 e. The van der Waals surface area contributed by atoms with Crippen molar-refractivity contribution in [1.29, 1.82) is 0 Å². The number of rotatable bonds is 9. The molecule has 2 heterocycles. The lowest BCUT2D eigenvalue weighted by molar-refractivity contribution is -0.150. The zero-order valence-corrected chi connectivity index (χ0v) is 23.3. The largest absolute Gasteiger partial charge is 0.444 e. The van der Waals surface area contributed by atoms with Gasteiger partial charge in [-0.3, -0.25) is 9.59 Å². The number of morpholine rings is 1. The second kappa shape index (κ2) is 11.9. The summed E-state index contributed by atoms with van der Waals surface area (Å²) in [7, 11) is 1.48. The number of nitrogens with zero attached hydrogens (tertiary/aromatic N) is 3. The van der Waals surface area contributed by atoms with Crippen LogP contribution in [0.3, 0.4) is 0 Å². The third-order valence-electron chi connectivity index (χ3n) is 6.47. The van der Waals surface area contributed by atoms with Crippen molar-refractivity contribution in [3.05, 3.63) is 35.0 Å². The van der Waals surface area contributed by atoms with Crippen LogP contribution in [0.15, 0.2) is 24.4 Å². The molecule has 10 nitrogen and oxygen atoms in total. The van der Waals surface area contributed by atoms with Crippen molar-refractivity contribution in [1.82, 2.24) is 19.7 Å². The summed E-state index contributed by atoms with van der Waals surface area (Å²) < 4.78 is 18.2. The number of carbonyl (C=O) groups is 3. The number of carbonyl (C=O) groups excluding carboxylic acids is 3. The Balaban J connectivity index is 1.45. The van der Waals surface area contributed by atoms with Gasteiger partial charge in [0, 0.05) is 56.4 Å². The molecule has 1 unspecified atom stereocenters. The van der Waals surface area contributed by atoms with E-state index < -0.39 is 17.8 Å². The zero-order chi connectivity index (χ0) is 27.4. The van der Waals surface area contributed by atoms with Crippen LogP contribution >= 0.6 is 11.6 Å². The summed E-state index contributed by atoms with van der Waals surface area (Å²) in [6, 6.07) is 6.14. The summed E-state index contributed by atoms with van der Waals surface area (Å²) in [6.45, 7) is 7.73. The van der Waals surface area contributed by atoms with E-state index in [9.17, 15) is 14.4 Å². The Labute approximate surface area is 228 Å². The minimum Gasteiger partial charge on any atom is -0.444 e. The van der Waals surface area contributed by atoms with Crippen molar-refractivity contribution in [3.8, 4) is 0 Å². The van der Waals surface area contributed by atoms with E-state index in [2.05, 4.69) is 5.32 Å². The Hall–Kier alpha value is -2.82. The number of nitrogens with one attached hydrogen (secondary N) is 1. The summed E-state index contributed by atoms with van der Waals surface area (Å²) in [5.74, 6) is -0.292. The van der Waals surface area contributed by atoms with E-state index in [4.69, 9.17) is 25.8 Å². The molecule has 1 atom stereocenters. The number of fused-ring (bicyclic) bond motifs is 1. The zero-order valence-electron chi connectivity index (χ0n) is 22.5. The van der Waals surface area contributed by atoms with Crippen LogP contribution in [0, 0.1) is 0 Å². The molecule has 11 heteroatoms. The maximum atomic E-state index is 13.6. The molecule has 0 bridgehead atoms. The first-order valence-corrected chi connectivity index (χ1v) is 13.4. The maximum absolute atomic E-state index is 13.6. The fourth-order valence-electron chi connectivity index (χ4n) is 4.52. The average molecular weight is 549 g/mol. The van der Waals surface area contributed by atoms with Gasteiger partial charge in [-0.2, -0.15) is 0 Å². The normalized spacial score (nSPS) is 17.9. The molecule has 1 saturated carbocycles. The number of ether oxygens (including phenoxy) is 3. The van der Waals surface area contributed by atoms with Gasteiger partial charge in [0.1, 0.15) is 12.2 Å². The average Bonchev–Trinajstić information content (AvgIpc) is 3.66. The molecule has 2 aromatic rings. The highest BCUT2D eigenvalue weighted by atomic mass is 35.5. The first-order valence-electron chi connectivity index (χ1n) is 13.0. The first-order chi connectivity index (χ1) is 18.1. The molecule has 1 aromatic heterocycles. The van der Waals surface area contributed by atoms with E-state index in [-0.39, 0.29) is 37.6 Å². The topological polar surface area (TPSA) is 102 Å². The fourth-order valence-corrected chi connectivity index (χ4v) is 4.80. The molecule has 1 aromatic carbocycles. The molecule has 2 fully saturated rings. The van der Waals surface area contributed by atoms with Gasteiger partial charge in [0.05, 0.1) is 18.2 Å². The minimum absolute atomic E-state index is 0.0165. The molecule has 208 valence electrons. The van der Waals surface area contributed by atoms with E-state index in [0.717, 1.165) is 29.3 Å². The van der Waals surface area contributed by atoms with Gasteiger partial charge in [0.15, 0.2) is 6.10 Å². The van der Waals surface area contributed by atoms with Crippen LogP contribution in [-0.4, -0.2) is 90.0 Å². The second-order valence-electron chi connectivity index (χ2n) is 10.8. The Bertz CT molecular complexity index is 1170. The van der Waals surface area contributed by atoms with Crippen molar-refractivity contribution in [2.45, 2.75) is 64.4 Å². The Morgan fingerprint density at radius 2 is 2.00 bits per heavy atom. The van der Waals surface area contributed by atoms with Crippen LogP contribution in [0.4, 0.5) is 4.79 Å². The summed E-state index contributed by atoms with van der Waals surface area (Å²) >= 11 is 6.47. The number of aromatic nitrogens is 1. The molecule has 0 radical (unpaired) electrons. The van der Waals surface area contributed by atoms with Gasteiger partial charge in [0.2, 0.25) is 5.91 Å². The number of amides is 3. The molecule has 4 rings (SSSR count). The number of halogens is 1. The smallest absolute Gasteiger partial charge is 0.410 e. The fraction of sp³-hybridized carbons (Fsp3) is 0.593. The van der Waals surface area contributed by atoms with Crippen molar-refractivity contribution < 1.29 is 28.6 Å². The quantitative estimate of drug-likeness (QED) is 0.516. The van der Waals surface area contributed by atoms with Gasteiger partial charge in [0.25, 0.3) is 5.91 Å². The van der Waals surface area contributed by atoms with Gasteiger partial charge in [-0.25, -0.2) is 4.79 Å². The van der Waals surface area contributed by atoms with E-state index in [1.807, 2.05) is 54.6 Å². The molecule has 1 saturated heterocycles. The van der Waals surface area contributed by atoms with Crippen LogP contribution < -0.4 is 5.32 Å². The van der Waals surface area contributed by atoms with Crippen molar-refractivity contribution in [2.24, 2.45) is 0 Å². The molecule has 3 amide bonds. The standard InChI is InChI=1S/C27H37ClN4O6/c1-27(2,3)38-26(35)31-11-12-37-23(16-31)25(34)32(19-6-7-19)14-18-5-8-20-21(28)15-30(22(20)13-18)10-9-29-24(33)17-36-4/h5,8,13,15,19,23H,6-7,9-12,14,16-17H2,1-4H3,(H,29,33). The summed E-state index contributed by atoms with van der Waals surface area (Å²) in [5.41, 5.74) is 1.29. The molecular weight excluding hydrogens is 512 g/mol. The van der Waals surface area contributed by atoms with E-state index >= 15 is 0 Å². The van der Waals surface area contributed by atoms with Crippen LogP contribution in [0.25, 0.3) is 10.9 Å². The molecular formula is C27H37ClN4O6. The molecule has 1 aliphatic carbocycles. The predicted molar refractivity (Wildman–Crippen MR) is 143 cm³/mol. The summed E-state index contributed by atoms with van der Waals surface area (Å²) in [5, 5.41) is 4.36. The van der Waals surface area contributed by atoms with Gasteiger partial charge in [-0.1, -0.05) is 23.7 Å². The molecule has 2 aliphatic rings. The Kier molecular flexibility index (Phi) is 8.85. The lowest BCUT2D eigenvalue weighted by atomic mass is 10.1. The Morgan fingerprint density at radius 1 is 1.24 bits per heavy atom. The highest BCUT2D eigenvalue weighted by Gasteiger charge is 2.39. The van der Waals surface area contributed by atoms with Crippen LogP contribution in [0.2, 0.25) is 5.02 Å². The van der Waals surface area contributed by atoms with Gasteiger partial charge >= 0.3 is 6.09 Å². The highest BCUT2D eigenvalue weighted by Crippen LogP contribution is 2.32. The molecule has 38 heavy (non-hydrogen) atoms. The molecule has 1 aliphatic heterocycles. The third kappa shape index (κ3) is 7.18. The summed E-state index contributed by atoms with van der Waals surface area (Å²) in [4.78, 5) is 41.3. The monoisotopic (exact) mass is 548 g/mol. The molecule has 0 spiro atoms. The van der Waals surface area contributed by atoms with Gasteiger partial charge < -0.3 is 33.9 Å². The summed E-state index contributed by atoms with van der Waals surface area (Å²) in [6.07, 6.45) is 2.58. The van der Waals surface area contributed by atoms with E-state index in [0.29, 0.717) is 31.2 Å². The SMILES string of the molecule is COCC(=O)NCCn1cc(Cl)c2ccc(CN(C(=O)C3CN(C(=O)OC(C)(C)C)CCO3)C3CC3)cc21. The van der Waals surface area contributed by atoms with Crippen molar-refractivity contribution in [2.75, 3.05) is 40.0 Å².